The van der Waals surface area contributed by atoms with E-state index in [1.54, 1.807) is 18.2 Å². The molecule has 0 aliphatic rings. The molecule has 0 aromatic heterocycles. The van der Waals surface area contributed by atoms with Gasteiger partial charge in [0.2, 0.25) is 0 Å². The Morgan fingerprint density at radius 3 is 2.26 bits per heavy atom. The van der Waals surface area contributed by atoms with E-state index in [9.17, 15) is 18.0 Å². The summed E-state index contributed by atoms with van der Waals surface area (Å²) in [5.41, 5.74) is 1.08. The van der Waals surface area contributed by atoms with Crippen molar-refractivity contribution in [1.29, 1.82) is 0 Å². The summed E-state index contributed by atoms with van der Waals surface area (Å²) in [4.78, 5) is 14.9. The van der Waals surface area contributed by atoms with E-state index in [-0.39, 0.29) is 24.8 Å². The number of carbonyl (C=O) groups is 1. The second kappa shape index (κ2) is 14.9. The van der Waals surface area contributed by atoms with E-state index in [0.717, 1.165) is 50.7 Å². The summed E-state index contributed by atoms with van der Waals surface area (Å²) in [6.07, 6.45) is 2.42. The first-order valence-electron chi connectivity index (χ1n) is 12.9. The van der Waals surface area contributed by atoms with Crippen molar-refractivity contribution in [3.63, 3.8) is 0 Å². The Hall–Kier alpha value is -2.84. The fourth-order valence-corrected chi connectivity index (χ4v) is 4.70. The van der Waals surface area contributed by atoms with Crippen LogP contribution in [-0.4, -0.2) is 30.8 Å². The van der Waals surface area contributed by atoms with Crippen molar-refractivity contribution in [3.8, 4) is 5.75 Å². The van der Waals surface area contributed by atoms with E-state index in [2.05, 4.69) is 28.1 Å². The van der Waals surface area contributed by atoms with Crippen LogP contribution in [0.2, 0.25) is 0 Å². The molecule has 3 aromatic rings. The number of rotatable bonds is 14. The summed E-state index contributed by atoms with van der Waals surface area (Å²) in [5, 5.41) is 8.97. The average molecular weight is 592 g/mol. The van der Waals surface area contributed by atoms with Crippen molar-refractivity contribution >= 4 is 27.5 Å². The number of aryl methyl sites for hydroxylation is 1. The number of anilines is 1. The van der Waals surface area contributed by atoms with E-state index in [0.29, 0.717) is 28.8 Å². The van der Waals surface area contributed by atoms with Crippen LogP contribution in [0.4, 0.5) is 18.9 Å². The third kappa shape index (κ3) is 9.17. The highest BCUT2D eigenvalue weighted by Gasteiger charge is 2.31. The van der Waals surface area contributed by atoms with Gasteiger partial charge in [-0.15, -0.1) is 0 Å². The number of halogens is 4. The average Bonchev–Trinajstić information content (AvgIpc) is 2.91. The van der Waals surface area contributed by atoms with Crippen molar-refractivity contribution in [3.05, 3.63) is 94.0 Å². The maximum absolute atomic E-state index is 13.5. The van der Waals surface area contributed by atoms with Crippen LogP contribution >= 0.6 is 15.9 Å². The molecule has 0 saturated carbocycles. The SMILES string of the molecule is O=C(c1ccc(OCCO)c(Br)c1)N(CCCCCCCCc1ccccc1)c1cccc(C(F)(F)F)c1. The van der Waals surface area contributed by atoms with Crippen LogP contribution < -0.4 is 9.64 Å². The summed E-state index contributed by atoms with van der Waals surface area (Å²) in [6, 6.07) is 20.0. The maximum Gasteiger partial charge on any atom is 0.416 e. The summed E-state index contributed by atoms with van der Waals surface area (Å²) < 4.78 is 46.1. The van der Waals surface area contributed by atoms with Gasteiger partial charge in [-0.25, -0.2) is 0 Å². The zero-order valence-electron chi connectivity index (χ0n) is 21.2. The normalized spacial score (nSPS) is 11.4. The van der Waals surface area contributed by atoms with Crippen LogP contribution in [0.1, 0.15) is 60.0 Å². The van der Waals surface area contributed by atoms with Gasteiger partial charge in [-0.2, -0.15) is 13.2 Å². The third-order valence-electron chi connectivity index (χ3n) is 6.20. The number of aliphatic hydroxyl groups excluding tert-OH is 1. The van der Waals surface area contributed by atoms with Gasteiger partial charge in [0.15, 0.2) is 0 Å². The molecule has 0 saturated heterocycles. The molecule has 0 fully saturated rings. The van der Waals surface area contributed by atoms with Crippen LogP contribution in [0.5, 0.6) is 5.75 Å². The lowest BCUT2D eigenvalue weighted by Crippen LogP contribution is -2.32. The van der Waals surface area contributed by atoms with Crippen LogP contribution in [0.3, 0.4) is 0 Å². The Morgan fingerprint density at radius 1 is 0.868 bits per heavy atom. The minimum Gasteiger partial charge on any atom is -0.490 e. The number of hydrogen-bond acceptors (Lipinski definition) is 3. The Bertz CT molecular complexity index is 1150. The molecular formula is C30H33BrF3NO3. The van der Waals surface area contributed by atoms with Crippen LogP contribution in [-0.2, 0) is 12.6 Å². The highest BCUT2D eigenvalue weighted by atomic mass is 79.9. The summed E-state index contributed by atoms with van der Waals surface area (Å²) in [7, 11) is 0. The number of unbranched alkanes of at least 4 members (excludes halogenated alkanes) is 5. The van der Waals surface area contributed by atoms with Crippen LogP contribution in [0, 0.1) is 0 Å². The number of nitrogens with zero attached hydrogens (tertiary/aromatic N) is 1. The monoisotopic (exact) mass is 591 g/mol. The first kappa shape index (κ1) is 29.7. The number of ether oxygens (including phenoxy) is 1. The van der Waals surface area contributed by atoms with Gasteiger partial charge in [0.05, 0.1) is 16.6 Å². The summed E-state index contributed by atoms with van der Waals surface area (Å²) in [6.45, 7) is 0.266. The zero-order chi connectivity index (χ0) is 27.4. The molecule has 0 unspecified atom stereocenters. The zero-order valence-corrected chi connectivity index (χ0v) is 22.8. The Morgan fingerprint density at radius 2 is 1.58 bits per heavy atom. The lowest BCUT2D eigenvalue weighted by atomic mass is 10.0. The van der Waals surface area contributed by atoms with Gasteiger partial charge >= 0.3 is 6.18 Å². The minimum absolute atomic E-state index is 0.106. The molecule has 3 rings (SSSR count). The van der Waals surface area contributed by atoms with E-state index in [1.807, 2.05) is 18.2 Å². The smallest absolute Gasteiger partial charge is 0.416 e. The topological polar surface area (TPSA) is 49.8 Å². The standard InChI is InChI=1S/C30H33BrF3NO3/c31-27-21-24(16-17-28(27)38-20-19-36)29(37)35(26-15-10-14-25(22-26)30(32,33)34)18-9-4-2-1-3-6-11-23-12-7-5-8-13-23/h5,7-8,10,12-17,21-22,36H,1-4,6,9,11,18-20H2. The first-order valence-corrected chi connectivity index (χ1v) is 13.6. The van der Waals surface area contributed by atoms with Gasteiger partial charge in [-0.1, -0.05) is 62.1 Å². The highest BCUT2D eigenvalue weighted by molar-refractivity contribution is 9.10. The van der Waals surface area contributed by atoms with Gasteiger partial charge in [0.25, 0.3) is 5.91 Å². The lowest BCUT2D eigenvalue weighted by molar-refractivity contribution is -0.137. The molecular weight excluding hydrogens is 559 g/mol. The lowest BCUT2D eigenvalue weighted by Gasteiger charge is -2.24. The Balaban J connectivity index is 1.62. The fraction of sp³-hybridized carbons (Fsp3) is 0.367. The van der Waals surface area contributed by atoms with E-state index in [4.69, 9.17) is 9.84 Å². The number of aliphatic hydroxyl groups is 1. The number of carbonyl (C=O) groups excluding carboxylic acids is 1. The molecule has 0 aliphatic carbocycles. The van der Waals surface area contributed by atoms with Crippen molar-refractivity contribution < 1.29 is 27.8 Å². The predicted molar refractivity (Wildman–Crippen MR) is 148 cm³/mol. The summed E-state index contributed by atoms with van der Waals surface area (Å²) >= 11 is 3.37. The number of alkyl halides is 3. The molecule has 0 atom stereocenters. The fourth-order valence-electron chi connectivity index (χ4n) is 4.21. The molecule has 8 heteroatoms. The molecule has 0 spiro atoms. The largest absolute Gasteiger partial charge is 0.490 e. The third-order valence-corrected chi connectivity index (χ3v) is 6.82. The van der Waals surface area contributed by atoms with E-state index in [1.165, 1.54) is 22.6 Å². The van der Waals surface area contributed by atoms with Crippen molar-refractivity contribution in [2.75, 3.05) is 24.7 Å². The van der Waals surface area contributed by atoms with Crippen molar-refractivity contribution in [1.82, 2.24) is 0 Å². The van der Waals surface area contributed by atoms with E-state index >= 15 is 0 Å². The van der Waals surface area contributed by atoms with Crippen molar-refractivity contribution in [2.24, 2.45) is 0 Å². The maximum atomic E-state index is 13.5. The molecule has 0 bridgehead atoms. The first-order chi connectivity index (χ1) is 18.3. The van der Waals surface area contributed by atoms with Gasteiger partial charge in [0.1, 0.15) is 12.4 Å². The summed E-state index contributed by atoms with van der Waals surface area (Å²) in [5.74, 6) is 0.0788. The number of benzene rings is 3. The highest BCUT2D eigenvalue weighted by Crippen LogP contribution is 2.33. The van der Waals surface area contributed by atoms with Gasteiger partial charge < -0.3 is 14.7 Å². The molecule has 1 N–H and O–H groups in total. The van der Waals surface area contributed by atoms with E-state index < -0.39 is 11.7 Å². The van der Waals surface area contributed by atoms with Crippen molar-refractivity contribution in [2.45, 2.75) is 51.1 Å². The van der Waals surface area contributed by atoms with Gasteiger partial charge in [-0.3, -0.25) is 4.79 Å². The molecule has 0 aliphatic heterocycles. The Kier molecular flexibility index (Phi) is 11.7. The van der Waals surface area contributed by atoms with Crippen LogP contribution in [0.15, 0.2) is 77.3 Å². The predicted octanol–water partition coefficient (Wildman–Crippen LogP) is 8.07. The molecule has 38 heavy (non-hydrogen) atoms. The Labute approximate surface area is 230 Å². The second-order valence-electron chi connectivity index (χ2n) is 9.08. The van der Waals surface area contributed by atoms with Crippen LogP contribution in [0.25, 0.3) is 0 Å². The molecule has 1 amide bonds. The minimum atomic E-state index is -4.50. The second-order valence-corrected chi connectivity index (χ2v) is 9.93. The van der Waals surface area contributed by atoms with Gasteiger partial charge in [-0.05, 0) is 77.2 Å². The van der Waals surface area contributed by atoms with Gasteiger partial charge in [0, 0.05) is 17.8 Å². The molecule has 0 radical (unpaired) electrons. The molecule has 0 heterocycles. The molecule has 3 aromatic carbocycles. The number of hydrogen-bond donors (Lipinski definition) is 1. The number of amides is 1. The molecule has 204 valence electrons. The quantitative estimate of drug-likeness (QED) is 0.193. The molecule has 4 nitrogen and oxygen atoms in total.